The third kappa shape index (κ3) is 6.79. The van der Waals surface area contributed by atoms with Crippen molar-refractivity contribution in [2.75, 3.05) is 18.8 Å². The summed E-state index contributed by atoms with van der Waals surface area (Å²) in [6, 6.07) is 14.6. The second-order valence-electron chi connectivity index (χ2n) is 11.1. The van der Waals surface area contributed by atoms with Gasteiger partial charge in [-0.05, 0) is 60.5 Å². The highest BCUT2D eigenvalue weighted by molar-refractivity contribution is 7.09. The van der Waals surface area contributed by atoms with Gasteiger partial charge in [-0.2, -0.15) is 4.37 Å². The monoisotopic (exact) mass is 592 g/mol. The van der Waals surface area contributed by atoms with Crippen molar-refractivity contribution in [3.8, 4) is 0 Å². The molecule has 3 aromatic rings. The lowest BCUT2D eigenvalue weighted by molar-refractivity contribution is -0.128. The van der Waals surface area contributed by atoms with Crippen molar-refractivity contribution in [2.45, 2.75) is 69.6 Å². The third-order valence-corrected chi connectivity index (χ3v) is 9.10. The molecule has 2 fully saturated rings. The zero-order valence-electron chi connectivity index (χ0n) is 23.5. The molecule has 1 saturated carbocycles. The molecule has 2 aliphatic rings. The van der Waals surface area contributed by atoms with E-state index in [2.05, 4.69) is 26.7 Å². The van der Waals surface area contributed by atoms with Gasteiger partial charge in [-0.25, -0.2) is 4.39 Å². The number of hydrogen-bond acceptors (Lipinski definition) is 7. The predicted molar refractivity (Wildman–Crippen MR) is 160 cm³/mol. The lowest BCUT2D eigenvalue weighted by Crippen LogP contribution is -2.53. The SMILES string of the molecule is NC(=O)c1nsc(C(=O)N(C2CCN(Cc3ccccc3)CC2)[C@@H](C(=O)NC2CCCCC2)c2ccc(F)cc2)c1N. The maximum Gasteiger partial charge on any atom is 0.270 e. The van der Waals surface area contributed by atoms with Crippen LogP contribution in [0.25, 0.3) is 0 Å². The zero-order chi connectivity index (χ0) is 29.6. The Morgan fingerprint density at radius 1 is 1.00 bits per heavy atom. The van der Waals surface area contributed by atoms with E-state index in [1.165, 1.54) is 17.7 Å². The summed E-state index contributed by atoms with van der Waals surface area (Å²) in [6.45, 7) is 2.22. The van der Waals surface area contributed by atoms with E-state index in [0.717, 1.165) is 50.2 Å². The topological polar surface area (TPSA) is 135 Å². The Balaban J connectivity index is 1.48. The fourth-order valence-electron chi connectivity index (χ4n) is 6.05. The molecule has 0 bridgehead atoms. The van der Waals surface area contributed by atoms with E-state index in [4.69, 9.17) is 11.5 Å². The van der Waals surface area contributed by atoms with Crippen molar-refractivity contribution in [3.63, 3.8) is 0 Å². The first kappa shape index (κ1) is 29.7. The van der Waals surface area contributed by atoms with Crippen molar-refractivity contribution in [3.05, 3.63) is 82.1 Å². The Kier molecular flexibility index (Phi) is 9.48. The van der Waals surface area contributed by atoms with Crippen molar-refractivity contribution in [1.82, 2.24) is 19.5 Å². The summed E-state index contributed by atoms with van der Waals surface area (Å²) < 4.78 is 18.0. The van der Waals surface area contributed by atoms with Crippen LogP contribution in [0.2, 0.25) is 0 Å². The molecule has 1 atom stereocenters. The number of carbonyl (C=O) groups excluding carboxylic acids is 3. The van der Waals surface area contributed by atoms with Gasteiger partial charge in [0.25, 0.3) is 11.8 Å². The van der Waals surface area contributed by atoms with Crippen LogP contribution in [0.4, 0.5) is 10.1 Å². The molecule has 3 amide bonds. The average Bonchev–Trinajstić information content (AvgIpc) is 3.39. The highest BCUT2D eigenvalue weighted by atomic mass is 32.1. The second kappa shape index (κ2) is 13.4. The van der Waals surface area contributed by atoms with Crippen LogP contribution in [0.3, 0.4) is 0 Å². The number of nitrogens with zero attached hydrogens (tertiary/aromatic N) is 3. The van der Waals surface area contributed by atoms with Crippen LogP contribution >= 0.6 is 11.5 Å². The van der Waals surface area contributed by atoms with Gasteiger partial charge in [0.05, 0.1) is 5.69 Å². The van der Waals surface area contributed by atoms with Gasteiger partial charge in [0.2, 0.25) is 5.91 Å². The van der Waals surface area contributed by atoms with E-state index >= 15 is 0 Å². The van der Waals surface area contributed by atoms with Gasteiger partial charge in [0.1, 0.15) is 16.7 Å². The number of nitrogen functional groups attached to an aromatic ring is 1. The molecule has 11 heteroatoms. The molecule has 42 heavy (non-hydrogen) atoms. The summed E-state index contributed by atoms with van der Waals surface area (Å²) in [7, 11) is 0. The van der Waals surface area contributed by atoms with E-state index in [0.29, 0.717) is 31.5 Å². The molecular weight excluding hydrogens is 555 g/mol. The van der Waals surface area contributed by atoms with Gasteiger partial charge in [0.15, 0.2) is 5.69 Å². The van der Waals surface area contributed by atoms with Gasteiger partial charge in [-0.1, -0.05) is 61.7 Å². The van der Waals surface area contributed by atoms with Crippen molar-refractivity contribution in [1.29, 1.82) is 0 Å². The van der Waals surface area contributed by atoms with E-state index in [-0.39, 0.29) is 34.2 Å². The summed E-state index contributed by atoms with van der Waals surface area (Å²) in [4.78, 5) is 44.3. The lowest BCUT2D eigenvalue weighted by atomic mass is 9.93. The van der Waals surface area contributed by atoms with Gasteiger partial charge in [-0.3, -0.25) is 19.3 Å². The Labute approximate surface area is 249 Å². The molecule has 1 aliphatic heterocycles. The fourth-order valence-corrected chi connectivity index (χ4v) is 6.80. The predicted octanol–water partition coefficient (Wildman–Crippen LogP) is 4.26. The number of nitrogens with two attached hydrogens (primary N) is 2. The van der Waals surface area contributed by atoms with Crippen LogP contribution in [0.1, 0.15) is 82.3 Å². The second-order valence-corrected chi connectivity index (χ2v) is 11.9. The smallest absolute Gasteiger partial charge is 0.270 e. The number of nitrogens with one attached hydrogen (secondary N) is 1. The van der Waals surface area contributed by atoms with E-state index in [1.54, 1.807) is 17.0 Å². The van der Waals surface area contributed by atoms with Crippen LogP contribution in [-0.2, 0) is 11.3 Å². The lowest BCUT2D eigenvalue weighted by Gasteiger charge is -2.42. The first-order chi connectivity index (χ1) is 20.3. The zero-order valence-corrected chi connectivity index (χ0v) is 24.3. The van der Waals surface area contributed by atoms with Crippen LogP contribution in [0.15, 0.2) is 54.6 Å². The fraction of sp³-hybridized carbons (Fsp3) is 0.419. The van der Waals surface area contributed by atoms with Crippen LogP contribution in [-0.4, -0.2) is 57.1 Å². The van der Waals surface area contributed by atoms with Gasteiger partial charge < -0.3 is 21.7 Å². The number of rotatable bonds is 9. The molecule has 5 rings (SSSR count). The minimum absolute atomic E-state index is 0.00816. The molecule has 0 radical (unpaired) electrons. The number of carbonyl (C=O) groups is 3. The minimum Gasteiger partial charge on any atom is -0.395 e. The van der Waals surface area contributed by atoms with Gasteiger partial charge in [-0.15, -0.1) is 0 Å². The minimum atomic E-state index is -1.02. The number of piperidine rings is 1. The molecule has 1 aliphatic carbocycles. The number of amides is 3. The number of primary amides is 1. The Hall–Kier alpha value is -3.83. The maximum absolute atomic E-state index is 14.3. The summed E-state index contributed by atoms with van der Waals surface area (Å²) in [6.07, 6.45) is 6.17. The molecule has 2 heterocycles. The van der Waals surface area contributed by atoms with E-state index < -0.39 is 23.7 Å². The number of benzene rings is 2. The molecular formula is C31H37FN6O3S. The van der Waals surface area contributed by atoms with Crippen molar-refractivity contribution >= 4 is 34.9 Å². The molecule has 1 saturated heterocycles. The molecule has 0 unspecified atom stereocenters. The summed E-state index contributed by atoms with van der Waals surface area (Å²) in [5, 5.41) is 3.18. The van der Waals surface area contributed by atoms with Crippen LogP contribution < -0.4 is 16.8 Å². The van der Waals surface area contributed by atoms with E-state index in [9.17, 15) is 18.8 Å². The average molecular weight is 593 g/mol. The summed E-state index contributed by atoms with van der Waals surface area (Å²) >= 11 is 0.801. The van der Waals surface area contributed by atoms with Crippen molar-refractivity contribution in [2.24, 2.45) is 5.73 Å². The Morgan fingerprint density at radius 3 is 2.29 bits per heavy atom. The standard InChI is InChI=1S/C31H37FN6O3S/c32-22-13-11-21(12-14-22)27(30(40)35-23-9-5-2-6-10-23)38(31(41)28-25(33)26(29(34)39)36-42-28)24-15-17-37(18-16-24)19-20-7-3-1-4-8-20/h1,3-4,7-8,11-14,23-24,27H,2,5-6,9-10,15-19,33H2,(H2,34,39)(H,35,40)/t27-/m1/s1. The Morgan fingerprint density at radius 2 is 1.67 bits per heavy atom. The number of hydrogen-bond donors (Lipinski definition) is 3. The number of likely N-dealkylation sites (tertiary alicyclic amines) is 1. The largest absolute Gasteiger partial charge is 0.395 e. The number of anilines is 1. The van der Waals surface area contributed by atoms with Crippen molar-refractivity contribution < 1.29 is 18.8 Å². The third-order valence-electron chi connectivity index (χ3n) is 8.25. The summed E-state index contributed by atoms with van der Waals surface area (Å²) in [5.41, 5.74) is 13.1. The highest BCUT2D eigenvalue weighted by Crippen LogP contribution is 2.34. The molecule has 1 aromatic heterocycles. The maximum atomic E-state index is 14.3. The Bertz CT molecular complexity index is 1390. The number of aromatic nitrogens is 1. The van der Waals surface area contributed by atoms with Gasteiger partial charge >= 0.3 is 0 Å². The number of halogens is 1. The summed E-state index contributed by atoms with van der Waals surface area (Å²) in [5.74, 6) is -2.07. The van der Waals surface area contributed by atoms with Crippen LogP contribution in [0.5, 0.6) is 0 Å². The molecule has 9 nitrogen and oxygen atoms in total. The van der Waals surface area contributed by atoms with Gasteiger partial charge in [0, 0.05) is 31.7 Å². The van der Waals surface area contributed by atoms with E-state index in [1.807, 2.05) is 18.2 Å². The molecule has 5 N–H and O–H groups in total. The first-order valence-corrected chi connectivity index (χ1v) is 15.3. The molecule has 0 spiro atoms. The highest BCUT2D eigenvalue weighted by Gasteiger charge is 2.40. The quantitative estimate of drug-likeness (QED) is 0.340. The molecule has 222 valence electrons. The first-order valence-electron chi connectivity index (χ1n) is 14.5. The molecule has 2 aromatic carbocycles. The van der Waals surface area contributed by atoms with Crippen LogP contribution in [0, 0.1) is 5.82 Å². The normalized spacial score (nSPS) is 17.5.